The van der Waals surface area contributed by atoms with Gasteiger partial charge in [-0.15, -0.1) is 0 Å². The second-order valence-electron chi connectivity index (χ2n) is 4.34. The molecular formula is C16H16N2O5. The molecule has 0 aliphatic rings. The standard InChI is InChI=1S/C16H16N2O5/c1-2-21-16(20)12-5-7-13(8-6-12)23-11-15(19)18-17-10-14-4-3-9-22-14/h3-10H,2,11H2,1H3,(H,18,19). The van der Waals surface area contributed by atoms with Gasteiger partial charge in [0.2, 0.25) is 0 Å². The SMILES string of the molecule is CCOC(=O)c1ccc(OCC(=O)NN=Cc2ccco2)cc1. The number of rotatable bonds is 7. The zero-order chi connectivity index (χ0) is 16.5. The Morgan fingerprint density at radius 1 is 1.26 bits per heavy atom. The van der Waals surface area contributed by atoms with Crippen molar-refractivity contribution in [2.24, 2.45) is 5.10 Å². The quantitative estimate of drug-likeness (QED) is 0.479. The van der Waals surface area contributed by atoms with Gasteiger partial charge in [-0.1, -0.05) is 0 Å². The second-order valence-corrected chi connectivity index (χ2v) is 4.34. The monoisotopic (exact) mass is 316 g/mol. The number of esters is 1. The molecule has 0 saturated carbocycles. The van der Waals surface area contributed by atoms with E-state index in [9.17, 15) is 9.59 Å². The predicted molar refractivity (Wildman–Crippen MR) is 82.3 cm³/mol. The zero-order valence-corrected chi connectivity index (χ0v) is 12.5. The number of furan rings is 1. The molecule has 120 valence electrons. The molecule has 0 unspecified atom stereocenters. The molecule has 2 aromatic rings. The number of carbonyl (C=O) groups excluding carboxylic acids is 2. The minimum absolute atomic E-state index is 0.200. The van der Waals surface area contributed by atoms with E-state index in [1.165, 1.54) is 12.5 Å². The molecule has 0 radical (unpaired) electrons. The Kier molecular flexibility index (Phi) is 5.93. The van der Waals surface area contributed by atoms with E-state index >= 15 is 0 Å². The fraction of sp³-hybridized carbons (Fsp3) is 0.188. The molecule has 0 spiro atoms. The third-order valence-electron chi connectivity index (χ3n) is 2.66. The van der Waals surface area contributed by atoms with Crippen LogP contribution >= 0.6 is 0 Å². The van der Waals surface area contributed by atoms with E-state index in [2.05, 4.69) is 10.5 Å². The summed E-state index contributed by atoms with van der Waals surface area (Å²) in [5.41, 5.74) is 2.73. The molecule has 7 heteroatoms. The third kappa shape index (κ3) is 5.31. The number of carbonyl (C=O) groups is 2. The highest BCUT2D eigenvalue weighted by Gasteiger charge is 2.07. The van der Waals surface area contributed by atoms with Crippen molar-refractivity contribution in [3.05, 3.63) is 54.0 Å². The molecule has 0 atom stereocenters. The van der Waals surface area contributed by atoms with Gasteiger partial charge in [-0.3, -0.25) is 4.79 Å². The van der Waals surface area contributed by atoms with Gasteiger partial charge < -0.3 is 13.9 Å². The smallest absolute Gasteiger partial charge is 0.338 e. The molecule has 1 aromatic carbocycles. The van der Waals surface area contributed by atoms with Gasteiger partial charge in [-0.05, 0) is 43.3 Å². The first-order valence-electron chi connectivity index (χ1n) is 6.94. The molecule has 1 aromatic heterocycles. The highest BCUT2D eigenvalue weighted by Crippen LogP contribution is 2.12. The number of ether oxygens (including phenoxy) is 2. The largest absolute Gasteiger partial charge is 0.484 e. The van der Waals surface area contributed by atoms with Crippen molar-refractivity contribution < 1.29 is 23.5 Å². The van der Waals surface area contributed by atoms with Crippen molar-refractivity contribution in [3.8, 4) is 5.75 Å². The predicted octanol–water partition coefficient (Wildman–Crippen LogP) is 1.99. The number of hydrogen-bond donors (Lipinski definition) is 1. The lowest BCUT2D eigenvalue weighted by atomic mass is 10.2. The van der Waals surface area contributed by atoms with Gasteiger partial charge in [0.1, 0.15) is 11.5 Å². The van der Waals surface area contributed by atoms with Crippen molar-refractivity contribution >= 4 is 18.1 Å². The van der Waals surface area contributed by atoms with Gasteiger partial charge in [0, 0.05) is 0 Å². The van der Waals surface area contributed by atoms with Crippen molar-refractivity contribution in [1.82, 2.24) is 5.43 Å². The molecule has 2 rings (SSSR count). The molecule has 0 saturated heterocycles. The van der Waals surface area contributed by atoms with Crippen LogP contribution in [0.15, 0.2) is 52.2 Å². The Balaban J connectivity index is 1.76. The van der Waals surface area contributed by atoms with E-state index in [0.29, 0.717) is 23.7 Å². The fourth-order valence-electron chi connectivity index (χ4n) is 1.62. The van der Waals surface area contributed by atoms with E-state index in [0.717, 1.165) is 0 Å². The summed E-state index contributed by atoms with van der Waals surface area (Å²) in [6.07, 6.45) is 2.89. The van der Waals surface area contributed by atoms with E-state index in [1.807, 2.05) is 0 Å². The molecule has 0 aliphatic carbocycles. The number of nitrogens with zero attached hydrogens (tertiary/aromatic N) is 1. The summed E-state index contributed by atoms with van der Waals surface area (Å²) in [6, 6.07) is 9.74. The summed E-state index contributed by atoms with van der Waals surface area (Å²) in [5.74, 6) is 0.176. The van der Waals surface area contributed by atoms with Crippen molar-refractivity contribution in [2.45, 2.75) is 6.92 Å². The minimum atomic E-state index is -0.415. The Hall–Kier alpha value is -3.09. The van der Waals surface area contributed by atoms with Gasteiger partial charge >= 0.3 is 5.97 Å². The lowest BCUT2D eigenvalue weighted by molar-refractivity contribution is -0.123. The summed E-state index contributed by atoms with van der Waals surface area (Å²) in [6.45, 7) is 1.85. The van der Waals surface area contributed by atoms with Gasteiger partial charge in [0.15, 0.2) is 6.61 Å². The number of hydrazone groups is 1. The van der Waals surface area contributed by atoms with Crippen molar-refractivity contribution in [1.29, 1.82) is 0 Å². The average molecular weight is 316 g/mol. The summed E-state index contributed by atoms with van der Waals surface area (Å²) >= 11 is 0. The Morgan fingerprint density at radius 2 is 2.04 bits per heavy atom. The molecule has 0 aliphatic heterocycles. The second kappa shape index (κ2) is 8.38. The average Bonchev–Trinajstić information content (AvgIpc) is 3.07. The van der Waals surface area contributed by atoms with Crippen molar-refractivity contribution in [3.63, 3.8) is 0 Å². The van der Waals surface area contributed by atoms with E-state index < -0.39 is 11.9 Å². The van der Waals surface area contributed by atoms with Gasteiger partial charge in [0.05, 0.1) is 24.6 Å². The highest BCUT2D eigenvalue weighted by molar-refractivity contribution is 5.89. The fourth-order valence-corrected chi connectivity index (χ4v) is 1.62. The van der Waals surface area contributed by atoms with Gasteiger partial charge in [-0.2, -0.15) is 5.10 Å². The normalized spacial score (nSPS) is 10.5. The molecule has 23 heavy (non-hydrogen) atoms. The number of amides is 1. The summed E-state index contributed by atoms with van der Waals surface area (Å²) in [7, 11) is 0. The molecular weight excluding hydrogens is 300 g/mol. The van der Waals surface area contributed by atoms with Crippen molar-refractivity contribution in [2.75, 3.05) is 13.2 Å². The lowest BCUT2D eigenvalue weighted by Crippen LogP contribution is -2.24. The lowest BCUT2D eigenvalue weighted by Gasteiger charge is -2.06. The first-order chi connectivity index (χ1) is 11.2. The van der Waals surface area contributed by atoms with Gasteiger partial charge in [0.25, 0.3) is 5.91 Å². The number of benzene rings is 1. The molecule has 0 fully saturated rings. The van der Waals surface area contributed by atoms with E-state index in [-0.39, 0.29) is 6.61 Å². The first kappa shape index (κ1) is 16.3. The summed E-state index contributed by atoms with van der Waals surface area (Å²) < 4.78 is 15.2. The number of nitrogens with one attached hydrogen (secondary N) is 1. The van der Waals surface area contributed by atoms with Crippen LogP contribution in [0.4, 0.5) is 0 Å². The van der Waals surface area contributed by atoms with E-state index in [4.69, 9.17) is 13.9 Å². The zero-order valence-electron chi connectivity index (χ0n) is 12.5. The van der Waals surface area contributed by atoms with Crippen LogP contribution in [0.25, 0.3) is 0 Å². The first-order valence-corrected chi connectivity index (χ1v) is 6.94. The summed E-state index contributed by atoms with van der Waals surface area (Å²) in [4.78, 5) is 23.0. The molecule has 1 heterocycles. The van der Waals surface area contributed by atoms with Crippen LogP contribution in [0.2, 0.25) is 0 Å². The molecule has 1 amide bonds. The van der Waals surface area contributed by atoms with Gasteiger partial charge in [-0.25, -0.2) is 10.2 Å². The van der Waals surface area contributed by atoms with Crippen LogP contribution in [-0.4, -0.2) is 31.3 Å². The molecule has 1 N–H and O–H groups in total. The Morgan fingerprint density at radius 3 is 2.70 bits per heavy atom. The van der Waals surface area contributed by atoms with Crippen LogP contribution in [0, 0.1) is 0 Å². The van der Waals surface area contributed by atoms with Crippen LogP contribution in [0.3, 0.4) is 0 Å². The highest BCUT2D eigenvalue weighted by atomic mass is 16.5. The topological polar surface area (TPSA) is 90.1 Å². The summed E-state index contributed by atoms with van der Waals surface area (Å²) in [5, 5.41) is 3.72. The maximum atomic E-state index is 11.6. The van der Waals surface area contributed by atoms with Crippen LogP contribution < -0.4 is 10.2 Å². The Labute approximate surface area is 132 Å². The minimum Gasteiger partial charge on any atom is -0.484 e. The molecule has 0 bridgehead atoms. The maximum Gasteiger partial charge on any atom is 0.338 e. The Bertz CT molecular complexity index is 662. The van der Waals surface area contributed by atoms with Crippen LogP contribution in [0.5, 0.6) is 5.75 Å². The maximum absolute atomic E-state index is 11.6. The third-order valence-corrected chi connectivity index (χ3v) is 2.66. The van der Waals surface area contributed by atoms with E-state index in [1.54, 1.807) is 43.3 Å². The van der Waals surface area contributed by atoms with Crippen LogP contribution in [0.1, 0.15) is 23.0 Å². The van der Waals surface area contributed by atoms with Crippen LogP contribution in [-0.2, 0) is 9.53 Å². The molecule has 7 nitrogen and oxygen atoms in total. The number of hydrogen-bond acceptors (Lipinski definition) is 6.